The molecule has 0 atom stereocenters. The van der Waals surface area contributed by atoms with Gasteiger partial charge >= 0.3 is 0 Å². The maximum atomic E-state index is 13.1. The zero-order valence-corrected chi connectivity index (χ0v) is 10.0. The molecule has 1 N–H and O–H groups in total. The van der Waals surface area contributed by atoms with Crippen LogP contribution in [-0.2, 0) is 6.54 Å². The molecule has 16 heavy (non-hydrogen) atoms. The van der Waals surface area contributed by atoms with Gasteiger partial charge in [0.1, 0.15) is 5.82 Å². The Balaban J connectivity index is 2.65. The van der Waals surface area contributed by atoms with Gasteiger partial charge in [-0.25, -0.2) is 4.39 Å². The summed E-state index contributed by atoms with van der Waals surface area (Å²) >= 11 is 0. The van der Waals surface area contributed by atoms with Crippen LogP contribution in [0.5, 0.6) is 0 Å². The molecule has 2 nitrogen and oxygen atoms in total. The molecule has 0 fully saturated rings. The van der Waals surface area contributed by atoms with Crippen LogP contribution in [0.15, 0.2) is 18.2 Å². The summed E-state index contributed by atoms with van der Waals surface area (Å²) in [4.78, 5) is 2.21. The Morgan fingerprint density at radius 2 is 2.12 bits per heavy atom. The number of benzene rings is 1. The first kappa shape index (κ1) is 13.1. The van der Waals surface area contributed by atoms with Crippen LogP contribution in [0.1, 0.15) is 24.5 Å². The third kappa shape index (κ3) is 3.91. The molecule has 0 amide bonds. The highest BCUT2D eigenvalue weighted by Gasteiger charge is 2.06. The van der Waals surface area contributed by atoms with Crippen molar-refractivity contribution in [3.8, 4) is 0 Å². The minimum atomic E-state index is -0.182. The topological polar surface area (TPSA) is 23.5 Å². The molecule has 1 aromatic rings. The predicted molar refractivity (Wildman–Crippen MR) is 63.8 cm³/mol. The summed E-state index contributed by atoms with van der Waals surface area (Å²) < 4.78 is 13.1. The normalized spacial score (nSPS) is 11.1. The van der Waals surface area contributed by atoms with Gasteiger partial charge in [-0.1, -0.05) is 13.0 Å². The fraction of sp³-hybridized carbons (Fsp3) is 0.538. The molecule has 0 radical (unpaired) electrons. The molecular weight excluding hydrogens is 205 g/mol. The van der Waals surface area contributed by atoms with E-state index in [1.807, 2.05) is 13.0 Å². The molecule has 0 heterocycles. The lowest BCUT2D eigenvalue weighted by atomic mass is 10.1. The minimum absolute atomic E-state index is 0.182. The van der Waals surface area contributed by atoms with Crippen LogP contribution in [0.3, 0.4) is 0 Å². The van der Waals surface area contributed by atoms with Crippen molar-refractivity contribution >= 4 is 0 Å². The second kappa shape index (κ2) is 6.61. The Hall–Kier alpha value is -0.930. The standard InChI is InChI=1S/C13H20FNO/c1-3-15(7-4-8-16)10-12-9-13(14)6-5-11(12)2/h5-6,9,16H,3-4,7-8,10H2,1-2H3. The van der Waals surface area contributed by atoms with E-state index in [1.165, 1.54) is 6.07 Å². The van der Waals surface area contributed by atoms with Gasteiger partial charge in [-0.15, -0.1) is 0 Å². The van der Waals surface area contributed by atoms with Gasteiger partial charge in [0, 0.05) is 19.7 Å². The summed E-state index contributed by atoms with van der Waals surface area (Å²) in [6.07, 6.45) is 0.766. The fourth-order valence-corrected chi connectivity index (χ4v) is 1.69. The summed E-state index contributed by atoms with van der Waals surface area (Å²) in [5, 5.41) is 8.79. The lowest BCUT2D eigenvalue weighted by Gasteiger charge is -2.21. The van der Waals surface area contributed by atoms with E-state index in [0.717, 1.165) is 37.2 Å². The Bertz CT molecular complexity index is 328. The number of hydrogen-bond donors (Lipinski definition) is 1. The molecule has 90 valence electrons. The van der Waals surface area contributed by atoms with Crippen LogP contribution in [0.2, 0.25) is 0 Å². The van der Waals surface area contributed by atoms with E-state index in [-0.39, 0.29) is 12.4 Å². The molecule has 3 heteroatoms. The molecular formula is C13H20FNO. The van der Waals surface area contributed by atoms with Gasteiger partial charge in [-0.3, -0.25) is 4.90 Å². The second-order valence-corrected chi connectivity index (χ2v) is 4.02. The fourth-order valence-electron chi connectivity index (χ4n) is 1.69. The molecule has 0 bridgehead atoms. The van der Waals surface area contributed by atoms with Crippen molar-refractivity contribution in [1.29, 1.82) is 0 Å². The van der Waals surface area contributed by atoms with E-state index in [4.69, 9.17) is 5.11 Å². The molecule has 0 aliphatic rings. The van der Waals surface area contributed by atoms with Crippen molar-refractivity contribution in [3.63, 3.8) is 0 Å². The van der Waals surface area contributed by atoms with Crippen molar-refractivity contribution in [1.82, 2.24) is 4.90 Å². The van der Waals surface area contributed by atoms with Crippen molar-refractivity contribution in [2.24, 2.45) is 0 Å². The summed E-state index contributed by atoms with van der Waals surface area (Å²) in [5.74, 6) is -0.182. The predicted octanol–water partition coefficient (Wildman–Crippen LogP) is 2.34. The average Bonchev–Trinajstić information content (AvgIpc) is 2.28. The van der Waals surface area contributed by atoms with Crippen molar-refractivity contribution in [3.05, 3.63) is 35.1 Å². The summed E-state index contributed by atoms with van der Waals surface area (Å²) in [6, 6.07) is 4.89. The van der Waals surface area contributed by atoms with E-state index in [1.54, 1.807) is 6.07 Å². The Morgan fingerprint density at radius 1 is 1.38 bits per heavy atom. The highest BCUT2D eigenvalue weighted by atomic mass is 19.1. The van der Waals surface area contributed by atoms with Crippen molar-refractivity contribution < 1.29 is 9.50 Å². The van der Waals surface area contributed by atoms with Crippen LogP contribution >= 0.6 is 0 Å². The average molecular weight is 225 g/mol. The number of aryl methyl sites for hydroxylation is 1. The summed E-state index contributed by atoms with van der Waals surface area (Å²) in [6.45, 7) is 6.79. The number of aliphatic hydroxyl groups excluding tert-OH is 1. The second-order valence-electron chi connectivity index (χ2n) is 4.02. The van der Waals surface area contributed by atoms with Gasteiger partial charge in [0.15, 0.2) is 0 Å². The summed E-state index contributed by atoms with van der Waals surface area (Å²) in [7, 11) is 0. The lowest BCUT2D eigenvalue weighted by molar-refractivity contribution is 0.225. The summed E-state index contributed by atoms with van der Waals surface area (Å²) in [5.41, 5.74) is 2.14. The smallest absolute Gasteiger partial charge is 0.123 e. The lowest BCUT2D eigenvalue weighted by Crippen LogP contribution is -2.25. The van der Waals surface area contributed by atoms with E-state index >= 15 is 0 Å². The molecule has 1 rings (SSSR count). The van der Waals surface area contributed by atoms with E-state index < -0.39 is 0 Å². The molecule has 0 spiro atoms. The number of rotatable bonds is 6. The van der Waals surface area contributed by atoms with Gasteiger partial charge < -0.3 is 5.11 Å². The van der Waals surface area contributed by atoms with Crippen molar-refractivity contribution in [2.75, 3.05) is 19.7 Å². The van der Waals surface area contributed by atoms with Gasteiger partial charge in [-0.2, -0.15) is 0 Å². The first-order valence-electron chi connectivity index (χ1n) is 5.75. The number of nitrogens with zero attached hydrogens (tertiary/aromatic N) is 1. The number of halogens is 1. The van der Waals surface area contributed by atoms with E-state index in [0.29, 0.717) is 0 Å². The quantitative estimate of drug-likeness (QED) is 0.803. The highest BCUT2D eigenvalue weighted by molar-refractivity contribution is 5.26. The van der Waals surface area contributed by atoms with Crippen LogP contribution in [0.25, 0.3) is 0 Å². The molecule has 1 aromatic carbocycles. The Labute approximate surface area is 96.7 Å². The van der Waals surface area contributed by atoms with E-state index in [9.17, 15) is 4.39 Å². The maximum Gasteiger partial charge on any atom is 0.123 e. The third-order valence-electron chi connectivity index (χ3n) is 2.78. The van der Waals surface area contributed by atoms with Gasteiger partial charge in [0.05, 0.1) is 0 Å². The first-order valence-corrected chi connectivity index (χ1v) is 5.75. The number of aliphatic hydroxyl groups is 1. The number of hydrogen-bond acceptors (Lipinski definition) is 2. The zero-order valence-electron chi connectivity index (χ0n) is 10.0. The largest absolute Gasteiger partial charge is 0.396 e. The maximum absolute atomic E-state index is 13.1. The highest BCUT2D eigenvalue weighted by Crippen LogP contribution is 2.13. The van der Waals surface area contributed by atoms with Crippen LogP contribution in [0.4, 0.5) is 4.39 Å². The van der Waals surface area contributed by atoms with Crippen LogP contribution in [-0.4, -0.2) is 29.7 Å². The first-order chi connectivity index (χ1) is 7.67. The molecule has 0 saturated heterocycles. The molecule has 0 aromatic heterocycles. The van der Waals surface area contributed by atoms with Gasteiger partial charge in [0.2, 0.25) is 0 Å². The molecule has 0 unspecified atom stereocenters. The third-order valence-corrected chi connectivity index (χ3v) is 2.78. The monoisotopic (exact) mass is 225 g/mol. The SMILES string of the molecule is CCN(CCCO)Cc1cc(F)ccc1C. The molecule has 0 aliphatic carbocycles. The van der Waals surface area contributed by atoms with E-state index in [2.05, 4.69) is 11.8 Å². The van der Waals surface area contributed by atoms with Crippen LogP contribution in [0, 0.1) is 12.7 Å². The Morgan fingerprint density at radius 3 is 2.75 bits per heavy atom. The Kier molecular flexibility index (Phi) is 5.43. The van der Waals surface area contributed by atoms with Crippen LogP contribution < -0.4 is 0 Å². The minimum Gasteiger partial charge on any atom is -0.396 e. The molecule has 0 saturated carbocycles. The van der Waals surface area contributed by atoms with Crippen molar-refractivity contribution in [2.45, 2.75) is 26.8 Å². The van der Waals surface area contributed by atoms with Gasteiger partial charge in [-0.05, 0) is 43.1 Å². The van der Waals surface area contributed by atoms with Gasteiger partial charge in [0.25, 0.3) is 0 Å². The zero-order chi connectivity index (χ0) is 12.0. The molecule has 0 aliphatic heterocycles.